The second-order valence-corrected chi connectivity index (χ2v) is 8.91. The van der Waals surface area contributed by atoms with Gasteiger partial charge in [0, 0.05) is 45.3 Å². The average molecular weight is 546 g/mol. The molecule has 4 aromatic carbocycles. The van der Waals surface area contributed by atoms with Gasteiger partial charge in [-0.15, -0.1) is 0 Å². The van der Waals surface area contributed by atoms with Gasteiger partial charge in [0.1, 0.15) is 39.4 Å². The van der Waals surface area contributed by atoms with E-state index < -0.39 is 56.9 Å². The van der Waals surface area contributed by atoms with E-state index in [1.807, 2.05) is 0 Å². The van der Waals surface area contributed by atoms with Gasteiger partial charge in [0.2, 0.25) is 0 Å². The van der Waals surface area contributed by atoms with Crippen LogP contribution >= 0.6 is 0 Å². The molecular formula is C28H18O12. The molecule has 0 aliphatic carbocycles. The maximum Gasteiger partial charge on any atom is 0.348 e. The molecule has 6 N–H and O–H groups in total. The van der Waals surface area contributed by atoms with Gasteiger partial charge in [-0.05, 0) is 18.2 Å². The molecule has 2 heterocycles. The molecule has 0 atom stereocenters. The van der Waals surface area contributed by atoms with E-state index >= 15 is 0 Å². The van der Waals surface area contributed by atoms with Crippen LogP contribution in [0.2, 0.25) is 0 Å². The van der Waals surface area contributed by atoms with E-state index in [0.29, 0.717) is 0 Å². The van der Waals surface area contributed by atoms with Gasteiger partial charge in [0.15, 0.2) is 28.6 Å². The summed E-state index contributed by atoms with van der Waals surface area (Å²) in [6.45, 7) is 0. The van der Waals surface area contributed by atoms with Gasteiger partial charge in [0.25, 0.3) is 0 Å². The lowest BCUT2D eigenvalue weighted by Crippen LogP contribution is -2.03. The third-order valence-electron chi connectivity index (χ3n) is 6.74. The smallest absolute Gasteiger partial charge is 0.348 e. The minimum Gasteiger partial charge on any atom is -0.507 e. The van der Waals surface area contributed by atoms with Crippen molar-refractivity contribution < 1.29 is 48.9 Å². The summed E-state index contributed by atoms with van der Waals surface area (Å²) in [7, 11) is 2.65. The molecule has 0 spiro atoms. The third kappa shape index (κ3) is 3.26. The van der Waals surface area contributed by atoms with E-state index in [0.717, 1.165) is 18.2 Å². The van der Waals surface area contributed by atoms with Crippen LogP contribution in [0, 0.1) is 0 Å². The van der Waals surface area contributed by atoms with Crippen molar-refractivity contribution in [1.82, 2.24) is 0 Å². The standard InChI is InChI=1S/C28H18O12/c1-37-9-3-11-12-7-16(31)25(34)23(26(12)40-28(36)19(11)14(29)5-9)22-21-13-4-10(38-2)6-15(30)20(13)27(35)39-18(21)8-17(32)24(22)33/h3-8,29-34H,1-2H3. The number of benzene rings is 4. The zero-order valence-electron chi connectivity index (χ0n) is 20.6. The Morgan fingerprint density at radius 1 is 0.550 bits per heavy atom. The van der Waals surface area contributed by atoms with Crippen LogP contribution < -0.4 is 20.7 Å². The molecule has 6 rings (SSSR count). The number of hydrogen-bond acceptors (Lipinski definition) is 12. The molecule has 202 valence electrons. The van der Waals surface area contributed by atoms with Gasteiger partial charge in [0.05, 0.1) is 19.8 Å². The van der Waals surface area contributed by atoms with Gasteiger partial charge >= 0.3 is 11.3 Å². The molecule has 0 amide bonds. The number of phenols is 6. The lowest BCUT2D eigenvalue weighted by Gasteiger charge is -2.17. The fourth-order valence-corrected chi connectivity index (χ4v) is 4.98. The lowest BCUT2D eigenvalue weighted by molar-refractivity contribution is 0.399. The van der Waals surface area contributed by atoms with Crippen molar-refractivity contribution >= 4 is 43.5 Å². The molecule has 6 aromatic rings. The molecule has 12 nitrogen and oxygen atoms in total. The predicted molar refractivity (Wildman–Crippen MR) is 142 cm³/mol. The predicted octanol–water partition coefficient (Wildman–Crippen LogP) is 4.12. The zero-order valence-corrected chi connectivity index (χ0v) is 20.6. The van der Waals surface area contributed by atoms with Crippen LogP contribution in [0.5, 0.6) is 46.0 Å². The maximum absolute atomic E-state index is 13.1. The summed E-state index contributed by atoms with van der Waals surface area (Å²) in [6, 6.07) is 7.12. The fourth-order valence-electron chi connectivity index (χ4n) is 4.98. The van der Waals surface area contributed by atoms with Crippen molar-refractivity contribution in [2.75, 3.05) is 14.2 Å². The Balaban J connectivity index is 1.93. The number of ether oxygens (including phenoxy) is 2. The van der Waals surface area contributed by atoms with Crippen molar-refractivity contribution in [3.63, 3.8) is 0 Å². The van der Waals surface area contributed by atoms with Crippen molar-refractivity contribution in [2.45, 2.75) is 0 Å². The molecule has 0 aliphatic rings. The number of aromatic hydroxyl groups is 6. The van der Waals surface area contributed by atoms with Crippen LogP contribution in [-0.2, 0) is 0 Å². The van der Waals surface area contributed by atoms with Crippen molar-refractivity contribution in [3.05, 3.63) is 57.2 Å². The number of hydrogen-bond donors (Lipinski definition) is 6. The Morgan fingerprint density at radius 3 is 1.70 bits per heavy atom. The largest absolute Gasteiger partial charge is 0.507 e. The molecule has 0 bridgehead atoms. The first-order valence-electron chi connectivity index (χ1n) is 11.5. The third-order valence-corrected chi connectivity index (χ3v) is 6.74. The number of fused-ring (bicyclic) bond motifs is 6. The van der Waals surface area contributed by atoms with Crippen LogP contribution in [0.1, 0.15) is 0 Å². The van der Waals surface area contributed by atoms with Crippen LogP contribution in [0.3, 0.4) is 0 Å². The Morgan fingerprint density at radius 2 is 1.07 bits per heavy atom. The monoisotopic (exact) mass is 546 g/mol. The van der Waals surface area contributed by atoms with Crippen LogP contribution in [-0.4, -0.2) is 44.9 Å². The molecule has 0 radical (unpaired) electrons. The van der Waals surface area contributed by atoms with Crippen molar-refractivity contribution in [2.24, 2.45) is 0 Å². The molecule has 0 unspecified atom stereocenters. The molecule has 0 fully saturated rings. The lowest BCUT2D eigenvalue weighted by atomic mass is 9.92. The number of phenolic OH excluding ortho intramolecular Hbond substituents is 6. The highest BCUT2D eigenvalue weighted by Gasteiger charge is 2.28. The van der Waals surface area contributed by atoms with Crippen LogP contribution in [0.15, 0.2) is 54.8 Å². The SMILES string of the molecule is COc1cc(O)c2c(=O)oc3c(-c4c(O)c(O)cc5oc(=O)c6c(O)cc(OC)cc6c45)c(O)c(O)cc3c2c1. The number of methoxy groups -OCH3 is 2. The second-order valence-electron chi connectivity index (χ2n) is 8.91. The first-order valence-corrected chi connectivity index (χ1v) is 11.5. The minimum atomic E-state index is -1.03. The number of rotatable bonds is 3. The van der Waals surface area contributed by atoms with E-state index in [2.05, 4.69) is 0 Å². The molecule has 40 heavy (non-hydrogen) atoms. The summed E-state index contributed by atoms with van der Waals surface area (Å²) >= 11 is 0. The summed E-state index contributed by atoms with van der Waals surface area (Å²) in [6.07, 6.45) is 0. The fraction of sp³-hybridized carbons (Fsp3) is 0.0714. The average Bonchev–Trinajstić information content (AvgIpc) is 2.91. The Kier molecular flexibility index (Phi) is 5.13. The molecule has 12 heteroatoms. The molecule has 0 saturated carbocycles. The highest BCUT2D eigenvalue weighted by Crippen LogP contribution is 2.53. The van der Waals surface area contributed by atoms with Gasteiger partial charge < -0.3 is 48.9 Å². The van der Waals surface area contributed by atoms with E-state index in [9.17, 15) is 40.2 Å². The minimum absolute atomic E-state index is 0.00658. The molecule has 0 saturated heterocycles. The normalized spacial score (nSPS) is 11.6. The summed E-state index contributed by atoms with van der Waals surface area (Å²) in [5.41, 5.74) is -3.54. The quantitative estimate of drug-likeness (QED) is 0.105. The molecule has 0 aliphatic heterocycles. The Hall–Kier alpha value is -5.78. The van der Waals surface area contributed by atoms with Crippen LogP contribution in [0.4, 0.5) is 0 Å². The summed E-state index contributed by atoms with van der Waals surface area (Å²) in [5.74, 6) is -3.94. The van der Waals surface area contributed by atoms with Gasteiger partial charge in [-0.2, -0.15) is 0 Å². The second kappa shape index (κ2) is 8.36. The van der Waals surface area contributed by atoms with Crippen molar-refractivity contribution in [1.29, 1.82) is 0 Å². The topological polar surface area (TPSA) is 200 Å². The van der Waals surface area contributed by atoms with Crippen molar-refractivity contribution in [3.8, 4) is 57.1 Å². The van der Waals surface area contributed by atoms with E-state index in [4.69, 9.17) is 18.3 Å². The molecular weight excluding hydrogens is 528 g/mol. The zero-order chi connectivity index (χ0) is 28.6. The highest BCUT2D eigenvalue weighted by atomic mass is 16.5. The first kappa shape index (κ1) is 24.6. The van der Waals surface area contributed by atoms with E-state index in [1.165, 1.54) is 32.4 Å². The summed E-state index contributed by atoms with van der Waals surface area (Å²) in [5, 5.41) is 63.9. The first-order chi connectivity index (χ1) is 19.0. The van der Waals surface area contributed by atoms with Gasteiger partial charge in [-0.3, -0.25) is 0 Å². The maximum atomic E-state index is 13.1. The highest BCUT2D eigenvalue weighted by molar-refractivity contribution is 6.20. The van der Waals surface area contributed by atoms with E-state index in [1.54, 1.807) is 0 Å². The Bertz CT molecular complexity index is 2190. The molecule has 2 aromatic heterocycles. The summed E-state index contributed by atoms with van der Waals surface area (Å²) in [4.78, 5) is 25.8. The van der Waals surface area contributed by atoms with Gasteiger partial charge in [-0.25, -0.2) is 9.59 Å². The van der Waals surface area contributed by atoms with E-state index in [-0.39, 0.29) is 55.0 Å². The summed E-state index contributed by atoms with van der Waals surface area (Å²) < 4.78 is 21.3. The Labute approximate surface area is 221 Å². The van der Waals surface area contributed by atoms with Gasteiger partial charge in [-0.1, -0.05) is 0 Å². The van der Waals surface area contributed by atoms with Crippen LogP contribution in [0.25, 0.3) is 54.6 Å².